The summed E-state index contributed by atoms with van der Waals surface area (Å²) >= 11 is 0. The number of sulfonamides is 1. The van der Waals surface area contributed by atoms with E-state index in [0.29, 0.717) is 0 Å². The Kier molecular flexibility index (Phi) is 5.77. The Hall–Kier alpha value is -1.12. The molecule has 2 N–H and O–H groups in total. The molecule has 8 heteroatoms. The molecule has 2 atom stereocenters. The highest BCUT2D eigenvalue weighted by Crippen LogP contribution is 2.22. The Bertz CT molecular complexity index is 555. The van der Waals surface area contributed by atoms with Gasteiger partial charge in [0.05, 0.1) is 4.90 Å². The predicted octanol–water partition coefficient (Wildman–Crippen LogP) is 2.40. The molecular weight excluding hydrogens is 307 g/mol. The van der Waals surface area contributed by atoms with Crippen LogP contribution in [0.3, 0.4) is 0 Å². The number of alkyl halides is 3. The van der Waals surface area contributed by atoms with Crippen LogP contribution in [0, 0.1) is 0 Å². The lowest BCUT2D eigenvalue weighted by molar-refractivity contribution is -0.200. The maximum absolute atomic E-state index is 12.1. The maximum Gasteiger partial charge on any atom is 0.415 e. The molecule has 0 aliphatic rings. The summed E-state index contributed by atoms with van der Waals surface area (Å²) in [5, 5.41) is 8.79. The smallest absolute Gasteiger partial charge is 0.382 e. The molecule has 0 bridgehead atoms. The zero-order valence-corrected chi connectivity index (χ0v) is 12.5. The van der Waals surface area contributed by atoms with Crippen molar-refractivity contribution in [1.82, 2.24) is 4.72 Å². The molecule has 1 rings (SSSR count). The van der Waals surface area contributed by atoms with E-state index in [4.69, 9.17) is 5.11 Å². The number of hydrogen-bond donors (Lipinski definition) is 2. The van der Waals surface area contributed by atoms with Crippen LogP contribution in [-0.2, 0) is 10.0 Å². The fourth-order valence-electron chi connectivity index (χ4n) is 1.60. The average molecular weight is 325 g/mol. The molecule has 0 radical (unpaired) electrons. The Balaban J connectivity index is 2.79. The minimum absolute atomic E-state index is 0.135. The van der Waals surface area contributed by atoms with Gasteiger partial charge >= 0.3 is 6.18 Å². The normalized spacial score (nSPS) is 15.7. The molecular formula is C13H18F3NO3S. The van der Waals surface area contributed by atoms with E-state index < -0.39 is 28.8 Å². The largest absolute Gasteiger partial charge is 0.415 e. The molecule has 1 aromatic rings. The lowest BCUT2D eigenvalue weighted by atomic mass is 9.99. The average Bonchev–Trinajstić information content (AvgIpc) is 2.43. The summed E-state index contributed by atoms with van der Waals surface area (Å²) in [7, 11) is -4.07. The number of aliphatic hydroxyl groups is 1. The highest BCUT2D eigenvalue weighted by atomic mass is 32.2. The SMILES string of the molecule is CCC(C)c1ccc(S(=O)(=O)NCC(O)C(F)(F)F)cc1. The zero-order valence-electron chi connectivity index (χ0n) is 11.7. The summed E-state index contributed by atoms with van der Waals surface area (Å²) in [6.45, 7) is 2.87. The number of halogens is 3. The number of hydrogen-bond acceptors (Lipinski definition) is 3. The van der Waals surface area contributed by atoms with E-state index in [1.807, 2.05) is 13.8 Å². The van der Waals surface area contributed by atoms with Gasteiger partial charge in [-0.15, -0.1) is 0 Å². The van der Waals surface area contributed by atoms with E-state index >= 15 is 0 Å². The van der Waals surface area contributed by atoms with Crippen molar-refractivity contribution < 1.29 is 26.7 Å². The molecule has 0 aliphatic carbocycles. The van der Waals surface area contributed by atoms with Gasteiger partial charge in [0.1, 0.15) is 0 Å². The van der Waals surface area contributed by atoms with E-state index in [1.54, 1.807) is 16.9 Å². The van der Waals surface area contributed by atoms with Gasteiger partial charge in [-0.3, -0.25) is 0 Å². The fourth-order valence-corrected chi connectivity index (χ4v) is 2.64. The zero-order chi connectivity index (χ0) is 16.3. The molecule has 0 aromatic heterocycles. The lowest BCUT2D eigenvalue weighted by Crippen LogP contribution is -2.40. The first-order chi connectivity index (χ1) is 9.58. The van der Waals surface area contributed by atoms with Gasteiger partial charge < -0.3 is 5.11 Å². The van der Waals surface area contributed by atoms with Crippen LogP contribution in [0.1, 0.15) is 31.7 Å². The van der Waals surface area contributed by atoms with E-state index in [2.05, 4.69) is 0 Å². The predicted molar refractivity (Wildman–Crippen MR) is 72.4 cm³/mol. The van der Waals surface area contributed by atoms with Crippen molar-refractivity contribution in [1.29, 1.82) is 0 Å². The molecule has 4 nitrogen and oxygen atoms in total. The topological polar surface area (TPSA) is 66.4 Å². The third kappa shape index (κ3) is 4.98. The molecule has 21 heavy (non-hydrogen) atoms. The van der Waals surface area contributed by atoms with Gasteiger partial charge in [0.25, 0.3) is 0 Å². The Morgan fingerprint density at radius 3 is 2.19 bits per heavy atom. The van der Waals surface area contributed by atoms with Gasteiger partial charge in [-0.1, -0.05) is 26.0 Å². The summed E-state index contributed by atoms with van der Waals surface area (Å²) in [5.41, 5.74) is 0.951. The van der Waals surface area contributed by atoms with Crippen molar-refractivity contribution in [2.75, 3.05) is 6.54 Å². The Labute approximate surface area is 122 Å². The van der Waals surface area contributed by atoms with Gasteiger partial charge in [-0.05, 0) is 30.0 Å². The third-order valence-corrected chi connectivity index (χ3v) is 4.66. The highest BCUT2D eigenvalue weighted by molar-refractivity contribution is 7.89. The van der Waals surface area contributed by atoms with E-state index in [1.165, 1.54) is 12.1 Å². The lowest BCUT2D eigenvalue weighted by Gasteiger charge is -2.15. The Morgan fingerprint density at radius 2 is 1.76 bits per heavy atom. The van der Waals surface area contributed by atoms with Crippen LogP contribution in [0.4, 0.5) is 13.2 Å². The molecule has 2 unspecified atom stereocenters. The fraction of sp³-hybridized carbons (Fsp3) is 0.538. The molecule has 0 saturated heterocycles. The summed E-state index contributed by atoms with van der Waals surface area (Å²) < 4.78 is 61.8. The van der Waals surface area contributed by atoms with Gasteiger partial charge in [0.15, 0.2) is 6.10 Å². The van der Waals surface area contributed by atoms with Gasteiger partial charge in [0, 0.05) is 6.54 Å². The first-order valence-electron chi connectivity index (χ1n) is 6.42. The van der Waals surface area contributed by atoms with Crippen molar-refractivity contribution in [3.05, 3.63) is 29.8 Å². The van der Waals surface area contributed by atoms with Crippen molar-refractivity contribution in [2.45, 2.75) is 43.4 Å². The van der Waals surface area contributed by atoms with Crippen molar-refractivity contribution in [3.63, 3.8) is 0 Å². The molecule has 1 aromatic carbocycles. The number of rotatable bonds is 6. The molecule has 0 fully saturated rings. The molecule has 0 saturated carbocycles. The van der Waals surface area contributed by atoms with Crippen LogP contribution >= 0.6 is 0 Å². The number of benzene rings is 1. The van der Waals surface area contributed by atoms with E-state index in [0.717, 1.165) is 12.0 Å². The molecule has 120 valence electrons. The van der Waals surface area contributed by atoms with Crippen LogP contribution < -0.4 is 4.72 Å². The van der Waals surface area contributed by atoms with Crippen LogP contribution in [0.2, 0.25) is 0 Å². The number of nitrogens with one attached hydrogen (secondary N) is 1. The first kappa shape index (κ1) is 17.9. The summed E-state index contributed by atoms with van der Waals surface area (Å²) in [6, 6.07) is 5.93. The van der Waals surface area contributed by atoms with Crippen LogP contribution in [0.5, 0.6) is 0 Å². The highest BCUT2D eigenvalue weighted by Gasteiger charge is 2.38. The molecule has 0 spiro atoms. The van der Waals surface area contributed by atoms with Crippen molar-refractivity contribution >= 4 is 10.0 Å². The molecule has 0 heterocycles. The summed E-state index contributed by atoms with van der Waals surface area (Å²) in [4.78, 5) is -0.135. The maximum atomic E-state index is 12.1. The van der Waals surface area contributed by atoms with Gasteiger partial charge in [-0.2, -0.15) is 13.2 Å². The standard InChI is InChI=1S/C13H18F3NO3S/c1-3-9(2)10-4-6-11(7-5-10)21(19,20)17-8-12(18)13(14,15)16/h4-7,9,12,17-18H,3,8H2,1-2H3. The van der Waals surface area contributed by atoms with Crippen LogP contribution in [0.15, 0.2) is 29.2 Å². The minimum atomic E-state index is -4.86. The van der Waals surface area contributed by atoms with Gasteiger partial charge in [0.2, 0.25) is 10.0 Å². The van der Waals surface area contributed by atoms with Crippen LogP contribution in [0.25, 0.3) is 0 Å². The van der Waals surface area contributed by atoms with Gasteiger partial charge in [-0.25, -0.2) is 13.1 Å². The number of aliphatic hydroxyl groups excluding tert-OH is 1. The molecule has 0 amide bonds. The first-order valence-corrected chi connectivity index (χ1v) is 7.90. The molecule has 0 aliphatic heterocycles. The van der Waals surface area contributed by atoms with Crippen LogP contribution in [-0.4, -0.2) is 32.3 Å². The third-order valence-electron chi connectivity index (χ3n) is 3.22. The minimum Gasteiger partial charge on any atom is -0.382 e. The second-order valence-corrected chi connectivity index (χ2v) is 6.55. The quantitative estimate of drug-likeness (QED) is 0.844. The Morgan fingerprint density at radius 1 is 1.24 bits per heavy atom. The second kappa shape index (κ2) is 6.76. The van der Waals surface area contributed by atoms with Crippen molar-refractivity contribution in [2.24, 2.45) is 0 Å². The second-order valence-electron chi connectivity index (χ2n) is 4.79. The van der Waals surface area contributed by atoms with E-state index in [9.17, 15) is 21.6 Å². The summed E-state index contributed by atoms with van der Waals surface area (Å²) in [6.07, 6.45) is -6.70. The van der Waals surface area contributed by atoms with Crippen molar-refractivity contribution in [3.8, 4) is 0 Å². The monoisotopic (exact) mass is 325 g/mol. The van der Waals surface area contributed by atoms with E-state index in [-0.39, 0.29) is 10.8 Å². The summed E-state index contributed by atoms with van der Waals surface area (Å²) in [5.74, 6) is 0.266.